The number of ether oxygens (including phenoxy) is 2. The van der Waals surface area contributed by atoms with Crippen LogP contribution in [0.25, 0.3) is 39.0 Å². The van der Waals surface area contributed by atoms with Crippen LogP contribution in [0.3, 0.4) is 0 Å². The van der Waals surface area contributed by atoms with Crippen molar-refractivity contribution < 1.29 is 9.47 Å². The van der Waals surface area contributed by atoms with Crippen molar-refractivity contribution >= 4 is 33.7 Å². The molecule has 12 nitrogen and oxygen atoms in total. The Labute approximate surface area is 249 Å². The maximum Gasteiger partial charge on any atom is 0.206 e. The highest BCUT2D eigenvalue weighted by Crippen LogP contribution is 2.38. The quantitative estimate of drug-likeness (QED) is 0.298. The van der Waals surface area contributed by atoms with Crippen molar-refractivity contribution in [2.45, 2.75) is 32.4 Å². The fourth-order valence-electron chi connectivity index (χ4n) is 6.91. The molecular weight excluding hydrogens is 544 g/mol. The molecule has 3 aliphatic rings. The molecule has 0 aromatic carbocycles. The van der Waals surface area contributed by atoms with Crippen LogP contribution in [0.5, 0.6) is 5.75 Å². The Morgan fingerprint density at radius 3 is 2.65 bits per heavy atom. The second kappa shape index (κ2) is 10.2. The van der Waals surface area contributed by atoms with E-state index in [2.05, 4.69) is 44.3 Å². The molecule has 3 saturated heterocycles. The van der Waals surface area contributed by atoms with Gasteiger partial charge in [0.15, 0.2) is 11.6 Å². The molecule has 43 heavy (non-hydrogen) atoms. The molecule has 3 aliphatic heterocycles. The lowest BCUT2D eigenvalue weighted by Crippen LogP contribution is -2.47. The molecule has 8 heterocycles. The number of anilines is 2. The van der Waals surface area contributed by atoms with Crippen molar-refractivity contribution in [1.82, 2.24) is 39.2 Å². The van der Waals surface area contributed by atoms with Gasteiger partial charge in [-0.3, -0.25) is 9.97 Å². The smallest absolute Gasteiger partial charge is 0.206 e. The zero-order valence-electron chi connectivity index (χ0n) is 25.1. The van der Waals surface area contributed by atoms with Gasteiger partial charge in [-0.1, -0.05) is 6.92 Å². The van der Waals surface area contributed by atoms with Crippen molar-refractivity contribution in [3.05, 3.63) is 42.5 Å². The molecule has 12 heteroatoms. The van der Waals surface area contributed by atoms with E-state index in [-0.39, 0.29) is 6.10 Å². The molecular formula is C31H36N10O2. The van der Waals surface area contributed by atoms with Gasteiger partial charge < -0.3 is 28.7 Å². The van der Waals surface area contributed by atoms with E-state index in [0.29, 0.717) is 6.04 Å². The normalized spacial score (nSPS) is 20.7. The molecule has 0 spiro atoms. The van der Waals surface area contributed by atoms with Gasteiger partial charge in [-0.2, -0.15) is 5.10 Å². The molecule has 0 amide bonds. The standard InChI is InChI=1S/C31H36N10O2/c1-5-38-8-10-39(11-9-38)31-36-29-26(37(31)3)14-28(35-30(29)40-17-21-12-20(40)18-43-21)41-25-13-24(34-19(2)22(25)16-33-41)23-15-32-7-6-27(23)42-4/h6-7,13-16,20-21H,5,8-12,17-18H2,1-4H3/t20-,21-/m1/s1. The first-order valence-electron chi connectivity index (χ1n) is 15.1. The zero-order chi connectivity index (χ0) is 29.2. The van der Waals surface area contributed by atoms with Gasteiger partial charge in [0.2, 0.25) is 5.95 Å². The summed E-state index contributed by atoms with van der Waals surface area (Å²) < 4.78 is 15.7. The molecule has 8 rings (SSSR count). The van der Waals surface area contributed by atoms with Crippen molar-refractivity contribution in [3.8, 4) is 22.8 Å². The summed E-state index contributed by atoms with van der Waals surface area (Å²) in [7, 11) is 3.78. The number of hydrogen-bond acceptors (Lipinski definition) is 10. The summed E-state index contributed by atoms with van der Waals surface area (Å²) in [5.41, 5.74) is 5.40. The summed E-state index contributed by atoms with van der Waals surface area (Å²) in [5.74, 6) is 3.37. The molecule has 0 unspecified atom stereocenters. The third-order valence-corrected chi connectivity index (χ3v) is 9.34. The Kier molecular flexibility index (Phi) is 6.23. The maximum absolute atomic E-state index is 5.96. The molecule has 3 fully saturated rings. The number of aromatic nitrogens is 7. The number of rotatable bonds is 6. The van der Waals surface area contributed by atoms with Gasteiger partial charge >= 0.3 is 0 Å². The summed E-state index contributed by atoms with van der Waals surface area (Å²) in [6.45, 7) is 10.9. The van der Waals surface area contributed by atoms with E-state index >= 15 is 0 Å². The van der Waals surface area contributed by atoms with Crippen LogP contribution in [-0.2, 0) is 11.8 Å². The topological polar surface area (TPSA) is 102 Å². The van der Waals surface area contributed by atoms with Crippen LogP contribution >= 0.6 is 0 Å². The van der Waals surface area contributed by atoms with Gasteiger partial charge in [-0.05, 0) is 32.0 Å². The minimum Gasteiger partial charge on any atom is -0.496 e. The lowest BCUT2D eigenvalue weighted by Gasteiger charge is -2.34. The Morgan fingerprint density at radius 2 is 1.91 bits per heavy atom. The Bertz CT molecular complexity index is 1840. The van der Waals surface area contributed by atoms with Gasteiger partial charge in [0.1, 0.15) is 11.3 Å². The van der Waals surface area contributed by atoms with Gasteiger partial charge in [-0.25, -0.2) is 14.6 Å². The number of nitrogens with zero attached hydrogens (tertiary/aromatic N) is 10. The first kappa shape index (κ1) is 26.3. The highest BCUT2D eigenvalue weighted by atomic mass is 16.5. The molecule has 2 bridgehead atoms. The van der Waals surface area contributed by atoms with Crippen molar-refractivity contribution in [1.29, 1.82) is 0 Å². The van der Waals surface area contributed by atoms with E-state index in [0.717, 1.165) is 115 Å². The highest BCUT2D eigenvalue weighted by molar-refractivity contribution is 5.92. The first-order valence-corrected chi connectivity index (χ1v) is 15.1. The number of imidazole rings is 1. The monoisotopic (exact) mass is 580 g/mol. The largest absolute Gasteiger partial charge is 0.496 e. The predicted octanol–water partition coefficient (Wildman–Crippen LogP) is 3.20. The van der Waals surface area contributed by atoms with E-state index in [1.54, 1.807) is 19.5 Å². The number of hydrogen-bond donors (Lipinski definition) is 0. The number of likely N-dealkylation sites (N-methyl/N-ethyl adjacent to an activating group) is 1. The second-order valence-corrected chi connectivity index (χ2v) is 11.7. The summed E-state index contributed by atoms with van der Waals surface area (Å²) >= 11 is 0. The van der Waals surface area contributed by atoms with Gasteiger partial charge in [-0.15, -0.1) is 0 Å². The Morgan fingerprint density at radius 1 is 1.05 bits per heavy atom. The van der Waals surface area contributed by atoms with Crippen LogP contribution in [-0.4, -0.2) is 104 Å². The summed E-state index contributed by atoms with van der Waals surface area (Å²) in [4.78, 5) is 27.1. The van der Waals surface area contributed by atoms with Crippen LogP contribution in [0.15, 0.2) is 36.8 Å². The third kappa shape index (κ3) is 4.22. The molecule has 0 radical (unpaired) electrons. The predicted molar refractivity (Wildman–Crippen MR) is 165 cm³/mol. The average molecular weight is 581 g/mol. The molecule has 5 aromatic heterocycles. The van der Waals surface area contributed by atoms with Crippen molar-refractivity contribution in [3.63, 3.8) is 0 Å². The van der Waals surface area contributed by atoms with E-state index in [1.807, 2.05) is 29.9 Å². The van der Waals surface area contributed by atoms with Gasteiger partial charge in [0, 0.05) is 69.3 Å². The number of methoxy groups -OCH3 is 1. The van der Waals surface area contributed by atoms with Crippen LogP contribution in [0.1, 0.15) is 19.0 Å². The molecule has 0 aliphatic carbocycles. The highest BCUT2D eigenvalue weighted by Gasteiger charge is 2.41. The molecule has 0 saturated carbocycles. The van der Waals surface area contributed by atoms with Crippen LogP contribution in [0.2, 0.25) is 0 Å². The lowest BCUT2D eigenvalue weighted by molar-refractivity contribution is 0.0989. The number of fused-ring (bicyclic) bond motifs is 4. The Hall–Kier alpha value is -4.29. The zero-order valence-corrected chi connectivity index (χ0v) is 25.1. The number of aryl methyl sites for hydroxylation is 2. The number of piperazine rings is 1. The fourth-order valence-corrected chi connectivity index (χ4v) is 6.91. The maximum atomic E-state index is 5.96. The average Bonchev–Trinajstić information content (AvgIpc) is 3.84. The first-order chi connectivity index (χ1) is 21.0. The lowest BCUT2D eigenvalue weighted by atomic mass is 10.1. The van der Waals surface area contributed by atoms with Crippen LogP contribution < -0.4 is 14.5 Å². The van der Waals surface area contributed by atoms with Crippen LogP contribution in [0.4, 0.5) is 11.8 Å². The summed E-state index contributed by atoms with van der Waals surface area (Å²) in [6.07, 6.45) is 6.66. The molecule has 0 N–H and O–H groups in total. The number of pyridine rings is 3. The minimum atomic E-state index is 0.243. The Balaban J connectivity index is 1.29. The van der Waals surface area contributed by atoms with Gasteiger partial charge in [0.25, 0.3) is 0 Å². The van der Waals surface area contributed by atoms with E-state index in [9.17, 15) is 0 Å². The van der Waals surface area contributed by atoms with Crippen LogP contribution in [0, 0.1) is 6.92 Å². The van der Waals surface area contributed by atoms with E-state index in [1.165, 1.54) is 0 Å². The van der Waals surface area contributed by atoms with E-state index in [4.69, 9.17) is 29.5 Å². The summed E-state index contributed by atoms with van der Waals surface area (Å²) in [6, 6.07) is 6.33. The van der Waals surface area contributed by atoms with E-state index < -0.39 is 0 Å². The third-order valence-electron chi connectivity index (χ3n) is 9.34. The van der Waals surface area contributed by atoms with Crippen molar-refractivity contribution in [2.75, 3.05) is 62.8 Å². The molecule has 2 atom stereocenters. The summed E-state index contributed by atoms with van der Waals surface area (Å²) in [5, 5.41) is 5.82. The fraction of sp³-hybridized carbons (Fsp3) is 0.452. The molecule has 5 aromatic rings. The second-order valence-electron chi connectivity index (χ2n) is 11.7. The minimum absolute atomic E-state index is 0.243. The van der Waals surface area contributed by atoms with Gasteiger partial charge in [0.05, 0.1) is 54.4 Å². The SMILES string of the molecule is CCN1CCN(c2nc3c(N4C[C@H]5C[C@@H]4CO5)nc(-n4ncc5c(C)nc(-c6cnccc6OC)cc54)cc3n2C)CC1. The molecule has 222 valence electrons. The van der Waals surface area contributed by atoms with Crippen molar-refractivity contribution in [2.24, 2.45) is 7.05 Å². The number of morpholine rings is 1.